The van der Waals surface area contributed by atoms with Crippen LogP contribution in [0, 0.1) is 0 Å². The molecule has 1 atom stereocenters. The van der Waals surface area contributed by atoms with Crippen molar-refractivity contribution in [1.82, 2.24) is 10.3 Å². The van der Waals surface area contributed by atoms with Gasteiger partial charge in [-0.15, -0.1) is 0 Å². The lowest BCUT2D eigenvalue weighted by Crippen LogP contribution is -2.26. The lowest BCUT2D eigenvalue weighted by Gasteiger charge is -2.05. The molecule has 5 heteroatoms. The van der Waals surface area contributed by atoms with E-state index in [9.17, 15) is 4.79 Å². The van der Waals surface area contributed by atoms with Gasteiger partial charge in [-0.25, -0.2) is 4.98 Å². The molecule has 0 saturated heterocycles. The van der Waals surface area contributed by atoms with Crippen molar-refractivity contribution in [2.75, 3.05) is 6.54 Å². The fourth-order valence-electron chi connectivity index (χ4n) is 0.985. The summed E-state index contributed by atoms with van der Waals surface area (Å²) in [6.07, 6.45) is 2.35. The molecule has 0 bridgehead atoms. The van der Waals surface area contributed by atoms with Crippen LogP contribution in [0.4, 0.5) is 0 Å². The first-order chi connectivity index (χ1) is 7.09. The number of alkyl halides is 1. The molecule has 1 heterocycles. The molecule has 0 radical (unpaired) electrons. The number of hydrogen-bond donors (Lipinski definition) is 1. The SMILES string of the molecule is CC(Br)CCNC(=O)c1ccc(Cl)cn1. The Morgan fingerprint density at radius 2 is 2.40 bits per heavy atom. The highest BCUT2D eigenvalue weighted by Gasteiger charge is 2.06. The molecule has 15 heavy (non-hydrogen) atoms. The molecule has 1 unspecified atom stereocenters. The number of carbonyl (C=O) groups is 1. The van der Waals surface area contributed by atoms with Gasteiger partial charge in [0.15, 0.2) is 0 Å². The Morgan fingerprint density at radius 1 is 1.67 bits per heavy atom. The molecule has 1 N–H and O–H groups in total. The van der Waals surface area contributed by atoms with Crippen LogP contribution in [0.2, 0.25) is 5.02 Å². The molecule has 82 valence electrons. The predicted molar refractivity (Wildman–Crippen MR) is 64.6 cm³/mol. The summed E-state index contributed by atoms with van der Waals surface area (Å²) in [4.78, 5) is 15.8. The van der Waals surface area contributed by atoms with E-state index in [4.69, 9.17) is 11.6 Å². The minimum absolute atomic E-state index is 0.167. The van der Waals surface area contributed by atoms with E-state index in [1.165, 1.54) is 6.20 Å². The summed E-state index contributed by atoms with van der Waals surface area (Å²) in [5.41, 5.74) is 0.390. The van der Waals surface area contributed by atoms with Gasteiger partial charge in [-0.3, -0.25) is 4.79 Å². The van der Waals surface area contributed by atoms with Crippen molar-refractivity contribution in [3.63, 3.8) is 0 Å². The number of nitrogens with one attached hydrogen (secondary N) is 1. The van der Waals surface area contributed by atoms with Gasteiger partial charge in [0, 0.05) is 17.6 Å². The van der Waals surface area contributed by atoms with E-state index in [-0.39, 0.29) is 5.91 Å². The molecular formula is C10H12BrClN2O. The first-order valence-electron chi connectivity index (χ1n) is 4.63. The van der Waals surface area contributed by atoms with Crippen molar-refractivity contribution in [3.05, 3.63) is 29.0 Å². The number of pyridine rings is 1. The lowest BCUT2D eigenvalue weighted by molar-refractivity contribution is 0.0948. The van der Waals surface area contributed by atoms with Gasteiger partial charge in [0.05, 0.1) is 5.02 Å². The smallest absolute Gasteiger partial charge is 0.269 e. The van der Waals surface area contributed by atoms with Crippen LogP contribution in [-0.2, 0) is 0 Å². The van der Waals surface area contributed by atoms with Gasteiger partial charge in [-0.2, -0.15) is 0 Å². The third-order valence-corrected chi connectivity index (χ3v) is 2.47. The van der Waals surface area contributed by atoms with Crippen LogP contribution < -0.4 is 5.32 Å². The maximum absolute atomic E-state index is 11.5. The molecule has 0 saturated carbocycles. The topological polar surface area (TPSA) is 42.0 Å². The monoisotopic (exact) mass is 290 g/mol. The Hall–Kier alpha value is -0.610. The second-order valence-corrected chi connectivity index (χ2v) is 5.19. The Bertz CT molecular complexity index is 327. The van der Waals surface area contributed by atoms with E-state index in [1.54, 1.807) is 12.1 Å². The Labute approximate surface area is 102 Å². The Kier molecular flexibility index (Phi) is 5.05. The molecular weight excluding hydrogens is 279 g/mol. The van der Waals surface area contributed by atoms with E-state index < -0.39 is 0 Å². The molecule has 0 aliphatic heterocycles. The number of amides is 1. The van der Waals surface area contributed by atoms with E-state index in [1.807, 2.05) is 6.92 Å². The van der Waals surface area contributed by atoms with Crippen LogP contribution in [0.5, 0.6) is 0 Å². The molecule has 1 aromatic heterocycles. The average Bonchev–Trinajstić information content (AvgIpc) is 2.18. The van der Waals surface area contributed by atoms with Crippen molar-refractivity contribution in [3.8, 4) is 0 Å². The van der Waals surface area contributed by atoms with Gasteiger partial charge in [0.25, 0.3) is 5.91 Å². The highest BCUT2D eigenvalue weighted by atomic mass is 79.9. The third-order valence-electron chi connectivity index (χ3n) is 1.79. The van der Waals surface area contributed by atoms with Gasteiger partial charge < -0.3 is 5.32 Å². The molecule has 1 rings (SSSR count). The summed E-state index contributed by atoms with van der Waals surface area (Å²) < 4.78 is 0. The number of halogens is 2. The van der Waals surface area contributed by atoms with Gasteiger partial charge >= 0.3 is 0 Å². The highest BCUT2D eigenvalue weighted by Crippen LogP contribution is 2.06. The predicted octanol–water partition coefficient (Wildman–Crippen LogP) is 2.64. The molecule has 0 aliphatic rings. The molecule has 3 nitrogen and oxygen atoms in total. The third kappa shape index (κ3) is 4.62. The van der Waals surface area contributed by atoms with Crippen molar-refractivity contribution in [2.24, 2.45) is 0 Å². The summed E-state index contributed by atoms with van der Waals surface area (Å²) in [6.45, 7) is 2.67. The largest absolute Gasteiger partial charge is 0.351 e. The van der Waals surface area contributed by atoms with Crippen LogP contribution in [-0.4, -0.2) is 22.3 Å². The highest BCUT2D eigenvalue weighted by molar-refractivity contribution is 9.09. The van der Waals surface area contributed by atoms with Crippen molar-refractivity contribution >= 4 is 33.4 Å². The fraction of sp³-hybridized carbons (Fsp3) is 0.400. The maximum atomic E-state index is 11.5. The molecule has 1 aromatic rings. The molecule has 0 aliphatic carbocycles. The minimum Gasteiger partial charge on any atom is -0.351 e. The normalized spacial score (nSPS) is 12.2. The first kappa shape index (κ1) is 12.5. The maximum Gasteiger partial charge on any atom is 0.269 e. The molecule has 0 aromatic carbocycles. The Balaban J connectivity index is 2.43. The van der Waals surface area contributed by atoms with Gasteiger partial charge in [-0.1, -0.05) is 34.5 Å². The molecule has 1 amide bonds. The zero-order chi connectivity index (χ0) is 11.3. The molecule has 0 spiro atoms. The summed E-state index contributed by atoms with van der Waals surface area (Å²) in [5.74, 6) is -0.167. The van der Waals surface area contributed by atoms with Gasteiger partial charge in [-0.05, 0) is 18.6 Å². The lowest BCUT2D eigenvalue weighted by atomic mass is 10.3. The van der Waals surface area contributed by atoms with Crippen LogP contribution in [0.15, 0.2) is 18.3 Å². The first-order valence-corrected chi connectivity index (χ1v) is 5.93. The standard InChI is InChI=1S/C10H12BrClN2O/c1-7(11)4-5-13-10(15)9-3-2-8(12)6-14-9/h2-3,6-7H,4-5H2,1H3,(H,13,15). The summed E-state index contributed by atoms with van der Waals surface area (Å²) in [7, 11) is 0. The van der Waals surface area contributed by atoms with Crippen LogP contribution in [0.3, 0.4) is 0 Å². The van der Waals surface area contributed by atoms with E-state index in [0.717, 1.165) is 6.42 Å². The van der Waals surface area contributed by atoms with Crippen LogP contribution in [0.1, 0.15) is 23.8 Å². The van der Waals surface area contributed by atoms with E-state index in [2.05, 4.69) is 26.2 Å². The number of rotatable bonds is 4. The van der Waals surface area contributed by atoms with E-state index in [0.29, 0.717) is 22.1 Å². The zero-order valence-corrected chi connectivity index (χ0v) is 10.7. The molecule has 0 fully saturated rings. The van der Waals surface area contributed by atoms with Crippen LogP contribution >= 0.6 is 27.5 Å². The van der Waals surface area contributed by atoms with Crippen molar-refractivity contribution in [2.45, 2.75) is 18.2 Å². The quantitative estimate of drug-likeness (QED) is 0.867. The number of hydrogen-bond acceptors (Lipinski definition) is 2. The van der Waals surface area contributed by atoms with Crippen molar-refractivity contribution < 1.29 is 4.79 Å². The van der Waals surface area contributed by atoms with Gasteiger partial charge in [0.1, 0.15) is 5.69 Å². The summed E-state index contributed by atoms with van der Waals surface area (Å²) >= 11 is 9.07. The summed E-state index contributed by atoms with van der Waals surface area (Å²) in [5, 5.41) is 3.30. The fourth-order valence-corrected chi connectivity index (χ4v) is 1.33. The number of carbonyl (C=O) groups excluding carboxylic acids is 1. The van der Waals surface area contributed by atoms with Crippen LogP contribution in [0.25, 0.3) is 0 Å². The second-order valence-electron chi connectivity index (χ2n) is 3.19. The summed E-state index contributed by atoms with van der Waals surface area (Å²) in [6, 6.07) is 3.26. The average molecular weight is 292 g/mol. The van der Waals surface area contributed by atoms with Crippen molar-refractivity contribution in [1.29, 1.82) is 0 Å². The number of aromatic nitrogens is 1. The Morgan fingerprint density at radius 3 is 2.93 bits per heavy atom. The number of nitrogens with zero attached hydrogens (tertiary/aromatic N) is 1. The zero-order valence-electron chi connectivity index (χ0n) is 8.34. The minimum atomic E-state index is -0.167. The van der Waals surface area contributed by atoms with E-state index >= 15 is 0 Å². The second kappa shape index (κ2) is 6.08. The van der Waals surface area contributed by atoms with Gasteiger partial charge in [0.2, 0.25) is 0 Å².